The zero-order valence-electron chi connectivity index (χ0n) is 11.1. The van der Waals surface area contributed by atoms with Crippen LogP contribution in [0, 0.1) is 0 Å². The fourth-order valence-electron chi connectivity index (χ4n) is 2.23. The van der Waals surface area contributed by atoms with Gasteiger partial charge in [0.1, 0.15) is 0 Å². The molecular weight excluding hydrogens is 244 g/mol. The maximum atomic E-state index is 11.6. The fraction of sp³-hybridized carbons (Fsp3) is 0.714. The van der Waals surface area contributed by atoms with Crippen molar-refractivity contribution in [3.63, 3.8) is 0 Å². The predicted octanol–water partition coefficient (Wildman–Crippen LogP) is 2.87. The molecule has 0 radical (unpaired) electrons. The number of aromatic nitrogens is 1. The average Bonchev–Trinajstić information content (AvgIpc) is 2.79. The van der Waals surface area contributed by atoms with Crippen molar-refractivity contribution in [2.45, 2.75) is 58.3 Å². The Labute approximate surface area is 113 Å². The van der Waals surface area contributed by atoms with Crippen LogP contribution in [-0.2, 0) is 24.1 Å². The van der Waals surface area contributed by atoms with E-state index in [1.807, 2.05) is 11.3 Å². The number of nitrogens with one attached hydrogen (secondary N) is 1. The zero-order chi connectivity index (χ0) is 12.8. The Morgan fingerprint density at radius 1 is 1.39 bits per heavy atom. The lowest BCUT2D eigenvalue weighted by Gasteiger charge is -2.06. The highest BCUT2D eigenvalue weighted by atomic mass is 32.1. The summed E-state index contributed by atoms with van der Waals surface area (Å²) >= 11 is 1.81. The van der Waals surface area contributed by atoms with Crippen molar-refractivity contribution in [3.8, 4) is 0 Å². The van der Waals surface area contributed by atoms with Gasteiger partial charge in [0.25, 0.3) is 0 Å². The van der Waals surface area contributed by atoms with Gasteiger partial charge in [-0.15, -0.1) is 11.3 Å². The lowest BCUT2D eigenvalue weighted by Crippen LogP contribution is -2.24. The van der Waals surface area contributed by atoms with E-state index in [1.165, 1.54) is 29.8 Å². The van der Waals surface area contributed by atoms with Crippen LogP contribution in [0.4, 0.5) is 0 Å². The molecule has 1 aliphatic rings. The highest BCUT2D eigenvalue weighted by Crippen LogP contribution is 2.27. The molecule has 3 nitrogen and oxygen atoms in total. The molecule has 0 atom stereocenters. The van der Waals surface area contributed by atoms with E-state index >= 15 is 0 Å². The lowest BCUT2D eigenvalue weighted by atomic mass is 10.0. The van der Waals surface area contributed by atoms with Crippen molar-refractivity contribution in [1.29, 1.82) is 0 Å². The zero-order valence-corrected chi connectivity index (χ0v) is 11.9. The molecular formula is C14H22N2OS. The van der Waals surface area contributed by atoms with Gasteiger partial charge in [-0.1, -0.05) is 13.3 Å². The van der Waals surface area contributed by atoms with Gasteiger partial charge in [0.15, 0.2) is 0 Å². The van der Waals surface area contributed by atoms with Crippen molar-refractivity contribution in [1.82, 2.24) is 10.3 Å². The third-order valence-electron chi connectivity index (χ3n) is 3.31. The molecule has 2 rings (SSSR count). The van der Waals surface area contributed by atoms with E-state index in [2.05, 4.69) is 17.2 Å². The molecule has 18 heavy (non-hydrogen) atoms. The van der Waals surface area contributed by atoms with E-state index in [9.17, 15) is 4.79 Å². The number of fused-ring (bicyclic) bond motifs is 1. The second kappa shape index (κ2) is 6.88. The first-order valence-corrected chi connectivity index (χ1v) is 7.85. The number of hydrogen-bond donors (Lipinski definition) is 1. The highest BCUT2D eigenvalue weighted by Gasteiger charge is 2.15. The van der Waals surface area contributed by atoms with Crippen molar-refractivity contribution < 1.29 is 4.79 Å². The van der Waals surface area contributed by atoms with E-state index in [0.29, 0.717) is 6.42 Å². The third kappa shape index (κ3) is 3.80. The largest absolute Gasteiger partial charge is 0.356 e. The van der Waals surface area contributed by atoms with Gasteiger partial charge in [-0.25, -0.2) is 4.98 Å². The van der Waals surface area contributed by atoms with E-state index in [4.69, 9.17) is 0 Å². The fourth-order valence-corrected chi connectivity index (χ4v) is 3.38. The minimum absolute atomic E-state index is 0.164. The molecule has 0 saturated heterocycles. The SMILES string of the molecule is CCCCNC(=O)CCc1nc2c(s1)CCCC2. The molecule has 1 aliphatic carbocycles. The smallest absolute Gasteiger partial charge is 0.220 e. The molecule has 1 aromatic heterocycles. The van der Waals surface area contributed by atoms with Crippen LogP contribution >= 0.6 is 11.3 Å². The number of carbonyl (C=O) groups excluding carboxylic acids is 1. The molecule has 1 N–H and O–H groups in total. The number of hydrogen-bond acceptors (Lipinski definition) is 3. The highest BCUT2D eigenvalue weighted by molar-refractivity contribution is 7.11. The predicted molar refractivity (Wildman–Crippen MR) is 75.0 cm³/mol. The first-order chi connectivity index (χ1) is 8.79. The molecule has 4 heteroatoms. The molecule has 0 aromatic carbocycles. The summed E-state index contributed by atoms with van der Waals surface area (Å²) in [5.74, 6) is 0.164. The van der Waals surface area contributed by atoms with Crippen LogP contribution in [-0.4, -0.2) is 17.4 Å². The Bertz CT molecular complexity index is 377. The maximum absolute atomic E-state index is 11.6. The normalized spacial score (nSPS) is 14.3. The standard InChI is InChI=1S/C14H22N2OS/c1-2-3-10-15-13(17)8-9-14-16-11-6-4-5-7-12(11)18-14/h2-10H2,1H3,(H,15,17). The molecule has 0 saturated carbocycles. The second-order valence-corrected chi connectivity index (χ2v) is 6.06. The summed E-state index contributed by atoms with van der Waals surface area (Å²) < 4.78 is 0. The lowest BCUT2D eigenvalue weighted by molar-refractivity contribution is -0.121. The van der Waals surface area contributed by atoms with Crippen LogP contribution in [0.2, 0.25) is 0 Å². The quantitative estimate of drug-likeness (QED) is 0.804. The van der Waals surface area contributed by atoms with Gasteiger partial charge >= 0.3 is 0 Å². The summed E-state index contributed by atoms with van der Waals surface area (Å²) in [5, 5.41) is 4.10. The average molecular weight is 266 g/mol. The van der Waals surface area contributed by atoms with Crippen LogP contribution in [0.25, 0.3) is 0 Å². The summed E-state index contributed by atoms with van der Waals surface area (Å²) in [7, 11) is 0. The van der Waals surface area contributed by atoms with Crippen LogP contribution < -0.4 is 5.32 Å². The Kier molecular flexibility index (Phi) is 5.17. The Morgan fingerprint density at radius 3 is 3.00 bits per heavy atom. The maximum Gasteiger partial charge on any atom is 0.220 e. The van der Waals surface area contributed by atoms with Gasteiger partial charge in [-0.05, 0) is 32.1 Å². The molecule has 1 amide bonds. The number of amides is 1. The number of nitrogens with zero attached hydrogens (tertiary/aromatic N) is 1. The molecule has 0 spiro atoms. The molecule has 1 heterocycles. The van der Waals surface area contributed by atoms with Gasteiger partial charge in [0.2, 0.25) is 5.91 Å². The number of unbranched alkanes of at least 4 members (excludes halogenated alkanes) is 1. The topological polar surface area (TPSA) is 42.0 Å². The summed E-state index contributed by atoms with van der Waals surface area (Å²) in [6.45, 7) is 2.94. The molecule has 0 unspecified atom stereocenters. The van der Waals surface area contributed by atoms with Crippen molar-refractivity contribution >= 4 is 17.2 Å². The van der Waals surface area contributed by atoms with E-state index in [0.717, 1.165) is 37.2 Å². The third-order valence-corrected chi connectivity index (χ3v) is 4.53. The van der Waals surface area contributed by atoms with Crippen LogP contribution in [0.5, 0.6) is 0 Å². The molecule has 100 valence electrons. The number of thiazole rings is 1. The van der Waals surface area contributed by atoms with Crippen molar-refractivity contribution in [2.75, 3.05) is 6.54 Å². The van der Waals surface area contributed by atoms with Crippen LogP contribution in [0.3, 0.4) is 0 Å². The molecule has 0 aliphatic heterocycles. The Morgan fingerprint density at radius 2 is 2.22 bits per heavy atom. The Hall–Kier alpha value is -0.900. The summed E-state index contributed by atoms with van der Waals surface area (Å²) in [4.78, 5) is 17.7. The van der Waals surface area contributed by atoms with Crippen molar-refractivity contribution in [3.05, 3.63) is 15.6 Å². The summed E-state index contributed by atoms with van der Waals surface area (Å²) in [5.41, 5.74) is 1.30. The van der Waals surface area contributed by atoms with E-state index in [-0.39, 0.29) is 5.91 Å². The molecule has 0 fully saturated rings. The molecule has 1 aromatic rings. The minimum atomic E-state index is 0.164. The Balaban J connectivity index is 1.76. The van der Waals surface area contributed by atoms with Crippen LogP contribution in [0.15, 0.2) is 0 Å². The number of aryl methyl sites for hydroxylation is 3. The first kappa shape index (κ1) is 13.5. The monoisotopic (exact) mass is 266 g/mol. The summed E-state index contributed by atoms with van der Waals surface area (Å²) in [6, 6.07) is 0. The number of carbonyl (C=O) groups is 1. The summed E-state index contributed by atoms with van der Waals surface area (Å²) in [6.07, 6.45) is 8.46. The first-order valence-electron chi connectivity index (χ1n) is 7.03. The molecule has 0 bridgehead atoms. The minimum Gasteiger partial charge on any atom is -0.356 e. The van der Waals surface area contributed by atoms with Crippen LogP contribution in [0.1, 0.15) is 54.6 Å². The van der Waals surface area contributed by atoms with Crippen molar-refractivity contribution in [2.24, 2.45) is 0 Å². The van der Waals surface area contributed by atoms with Gasteiger partial charge in [0.05, 0.1) is 10.7 Å². The second-order valence-electron chi connectivity index (χ2n) is 4.89. The van der Waals surface area contributed by atoms with Gasteiger partial charge in [-0.2, -0.15) is 0 Å². The van der Waals surface area contributed by atoms with E-state index in [1.54, 1.807) is 0 Å². The van der Waals surface area contributed by atoms with Gasteiger partial charge in [-0.3, -0.25) is 4.79 Å². The van der Waals surface area contributed by atoms with Gasteiger partial charge < -0.3 is 5.32 Å². The number of rotatable bonds is 6. The van der Waals surface area contributed by atoms with Gasteiger partial charge in [0, 0.05) is 24.3 Å². The van der Waals surface area contributed by atoms with E-state index < -0.39 is 0 Å².